The monoisotopic (exact) mass is 440 g/mol. The maximum absolute atomic E-state index is 13.2. The topological polar surface area (TPSA) is 95.5 Å². The summed E-state index contributed by atoms with van der Waals surface area (Å²) in [6.07, 6.45) is 1.42. The van der Waals surface area contributed by atoms with Crippen molar-refractivity contribution in [2.24, 2.45) is 11.8 Å². The first-order valence-corrected chi connectivity index (χ1v) is 11.2. The predicted molar refractivity (Wildman–Crippen MR) is 124 cm³/mol. The number of allylic oxidation sites excluding steroid dienone is 2. The van der Waals surface area contributed by atoms with Crippen molar-refractivity contribution in [1.82, 2.24) is 0 Å². The Bertz CT molecular complexity index is 1040. The number of carbonyl (C=O) groups is 3. The van der Waals surface area contributed by atoms with Gasteiger partial charge < -0.3 is 15.7 Å². The third kappa shape index (κ3) is 4.88. The third-order valence-corrected chi connectivity index (χ3v) is 7.04. The van der Waals surface area contributed by atoms with Gasteiger partial charge in [0, 0.05) is 10.6 Å². The summed E-state index contributed by atoms with van der Waals surface area (Å²) in [6, 6.07) is 9.15. The fourth-order valence-electron chi connectivity index (χ4n) is 4.08. The van der Waals surface area contributed by atoms with Crippen LogP contribution in [0.1, 0.15) is 54.4 Å². The fourth-order valence-corrected chi connectivity index (χ4v) is 5.23. The minimum absolute atomic E-state index is 0.284. The van der Waals surface area contributed by atoms with Gasteiger partial charge in [-0.25, -0.2) is 0 Å². The van der Waals surface area contributed by atoms with Crippen LogP contribution in [0.2, 0.25) is 0 Å². The highest BCUT2D eigenvalue weighted by atomic mass is 32.1. The highest BCUT2D eigenvalue weighted by Gasteiger charge is 2.38. The number of thiophene rings is 1. The van der Waals surface area contributed by atoms with E-state index in [1.165, 1.54) is 11.3 Å². The van der Waals surface area contributed by atoms with Crippen LogP contribution < -0.4 is 10.6 Å². The van der Waals surface area contributed by atoms with Gasteiger partial charge in [0.2, 0.25) is 5.91 Å². The number of amides is 2. The second-order valence-corrected chi connectivity index (χ2v) is 9.25. The fraction of sp³-hybridized carbons (Fsp3) is 0.375. The molecular weight excluding hydrogens is 412 g/mol. The van der Waals surface area contributed by atoms with Crippen molar-refractivity contribution in [3.63, 3.8) is 0 Å². The van der Waals surface area contributed by atoms with Gasteiger partial charge in [-0.3, -0.25) is 14.4 Å². The Morgan fingerprint density at radius 3 is 2.19 bits per heavy atom. The lowest BCUT2D eigenvalue weighted by Gasteiger charge is -2.29. The molecule has 2 amide bonds. The van der Waals surface area contributed by atoms with E-state index in [0.29, 0.717) is 35.5 Å². The van der Waals surface area contributed by atoms with Gasteiger partial charge in [0.25, 0.3) is 5.91 Å². The molecule has 0 bridgehead atoms. The highest BCUT2D eigenvalue weighted by Crippen LogP contribution is 2.38. The summed E-state index contributed by atoms with van der Waals surface area (Å²) in [6.45, 7) is 7.76. The lowest BCUT2D eigenvalue weighted by atomic mass is 9.76. The second-order valence-electron chi connectivity index (χ2n) is 8.02. The van der Waals surface area contributed by atoms with Crippen LogP contribution in [0.4, 0.5) is 10.7 Å². The molecule has 1 heterocycles. The molecule has 7 heteroatoms. The van der Waals surface area contributed by atoms with E-state index in [-0.39, 0.29) is 11.8 Å². The molecule has 1 aliphatic carbocycles. The zero-order chi connectivity index (χ0) is 22.7. The van der Waals surface area contributed by atoms with Gasteiger partial charge in [-0.1, -0.05) is 36.3 Å². The van der Waals surface area contributed by atoms with Gasteiger partial charge in [0.05, 0.1) is 17.4 Å². The van der Waals surface area contributed by atoms with Crippen molar-refractivity contribution in [1.29, 1.82) is 0 Å². The molecular formula is C24H28N2O4S. The molecule has 3 N–H and O–H groups in total. The largest absolute Gasteiger partial charge is 0.481 e. The molecule has 0 spiro atoms. The van der Waals surface area contributed by atoms with Crippen molar-refractivity contribution < 1.29 is 19.5 Å². The van der Waals surface area contributed by atoms with Crippen molar-refractivity contribution >= 4 is 39.8 Å². The van der Waals surface area contributed by atoms with Crippen LogP contribution in [0.3, 0.4) is 0 Å². The number of nitrogens with one attached hydrogen (secondary N) is 2. The molecule has 164 valence electrons. The number of benzene rings is 1. The minimum atomic E-state index is -0.967. The van der Waals surface area contributed by atoms with E-state index < -0.39 is 17.8 Å². The Morgan fingerprint density at radius 1 is 1.00 bits per heavy atom. The Hall–Kier alpha value is -2.93. The number of aliphatic carboxylic acids is 1. The summed E-state index contributed by atoms with van der Waals surface area (Å²) in [5, 5.41) is 15.9. The SMILES string of the molecule is CCc1c(C)sc(NC(=O)[C@@H]2CC(C)=C(C)C[C@@H]2C(=O)O)c1C(=O)Nc1ccccc1. The van der Waals surface area contributed by atoms with Crippen LogP contribution in [0.25, 0.3) is 0 Å². The summed E-state index contributed by atoms with van der Waals surface area (Å²) < 4.78 is 0. The van der Waals surface area contributed by atoms with E-state index in [9.17, 15) is 19.5 Å². The van der Waals surface area contributed by atoms with Crippen LogP contribution in [-0.2, 0) is 16.0 Å². The number of hydrogen-bond acceptors (Lipinski definition) is 4. The summed E-state index contributed by atoms with van der Waals surface area (Å²) in [5.41, 5.74) is 4.09. The lowest BCUT2D eigenvalue weighted by molar-refractivity contribution is -0.146. The van der Waals surface area contributed by atoms with Gasteiger partial charge in [-0.15, -0.1) is 11.3 Å². The minimum Gasteiger partial charge on any atom is -0.481 e. The summed E-state index contributed by atoms with van der Waals surface area (Å²) in [4.78, 5) is 39.0. The molecule has 1 aromatic heterocycles. The molecule has 2 aromatic rings. The zero-order valence-electron chi connectivity index (χ0n) is 18.2. The Morgan fingerprint density at radius 2 is 1.61 bits per heavy atom. The van der Waals surface area contributed by atoms with Crippen LogP contribution in [-0.4, -0.2) is 22.9 Å². The van der Waals surface area contributed by atoms with Crippen molar-refractivity contribution in [3.05, 3.63) is 57.5 Å². The molecule has 1 aromatic carbocycles. The number of para-hydroxylation sites is 1. The first kappa shape index (κ1) is 22.7. The van der Waals surface area contributed by atoms with Gasteiger partial charge in [-0.05, 0) is 57.7 Å². The average Bonchev–Trinajstić information content (AvgIpc) is 3.04. The molecule has 0 fully saturated rings. The van der Waals surface area contributed by atoms with Crippen LogP contribution in [0, 0.1) is 18.8 Å². The van der Waals surface area contributed by atoms with E-state index in [2.05, 4.69) is 10.6 Å². The summed E-state index contributed by atoms with van der Waals surface area (Å²) >= 11 is 1.36. The number of rotatable bonds is 6. The van der Waals surface area contributed by atoms with E-state index in [1.807, 2.05) is 45.9 Å². The van der Waals surface area contributed by atoms with E-state index >= 15 is 0 Å². The first-order chi connectivity index (χ1) is 14.7. The molecule has 0 saturated carbocycles. The lowest BCUT2D eigenvalue weighted by Crippen LogP contribution is -2.36. The standard InChI is InChI=1S/C24H28N2O4S/c1-5-17-15(4)31-23(20(17)22(28)25-16-9-7-6-8-10-16)26-21(27)18-11-13(2)14(3)12-19(18)24(29)30/h6-10,18-19H,5,11-12H2,1-4H3,(H,25,28)(H,26,27)(H,29,30)/t18-,19+/m1/s1. The first-order valence-electron chi connectivity index (χ1n) is 10.4. The van der Waals surface area contributed by atoms with Gasteiger partial charge >= 0.3 is 5.97 Å². The quantitative estimate of drug-likeness (QED) is 0.534. The molecule has 6 nitrogen and oxygen atoms in total. The second kappa shape index (κ2) is 9.47. The number of aryl methyl sites for hydroxylation is 1. The van der Waals surface area contributed by atoms with E-state index in [1.54, 1.807) is 12.1 Å². The number of carboxylic acids is 1. The van der Waals surface area contributed by atoms with E-state index in [4.69, 9.17) is 0 Å². The molecule has 0 unspecified atom stereocenters. The molecule has 31 heavy (non-hydrogen) atoms. The Labute approximate surface area is 186 Å². The highest BCUT2D eigenvalue weighted by molar-refractivity contribution is 7.16. The van der Waals surface area contributed by atoms with Crippen molar-refractivity contribution in [2.75, 3.05) is 10.6 Å². The van der Waals surface area contributed by atoms with Crippen molar-refractivity contribution in [3.8, 4) is 0 Å². The van der Waals surface area contributed by atoms with Gasteiger partial charge in [0.1, 0.15) is 5.00 Å². The Kier molecular flexibility index (Phi) is 6.95. The zero-order valence-corrected chi connectivity index (χ0v) is 19.1. The van der Waals surface area contributed by atoms with Crippen LogP contribution >= 0.6 is 11.3 Å². The molecule has 2 atom stereocenters. The molecule has 0 saturated heterocycles. The normalized spacial score (nSPS) is 18.6. The number of carboxylic acid groups (broad SMARTS) is 1. The predicted octanol–water partition coefficient (Wildman–Crippen LogP) is 5.26. The van der Waals surface area contributed by atoms with Crippen molar-refractivity contribution in [2.45, 2.75) is 47.0 Å². The number of anilines is 2. The summed E-state index contributed by atoms with van der Waals surface area (Å²) in [5.74, 6) is -3.04. The third-order valence-electron chi connectivity index (χ3n) is 5.98. The van der Waals surface area contributed by atoms with Crippen LogP contribution in [0.15, 0.2) is 41.5 Å². The number of hydrogen-bond donors (Lipinski definition) is 3. The maximum atomic E-state index is 13.2. The molecule has 3 rings (SSSR count). The van der Waals surface area contributed by atoms with Gasteiger partial charge in [-0.2, -0.15) is 0 Å². The number of carbonyl (C=O) groups excluding carboxylic acids is 2. The molecule has 0 aliphatic heterocycles. The van der Waals surface area contributed by atoms with Crippen LogP contribution in [0.5, 0.6) is 0 Å². The Balaban J connectivity index is 1.90. The average molecular weight is 441 g/mol. The molecule has 1 aliphatic rings. The van der Waals surface area contributed by atoms with E-state index in [0.717, 1.165) is 21.6 Å². The van der Waals surface area contributed by atoms with Gasteiger partial charge in [0.15, 0.2) is 0 Å². The summed E-state index contributed by atoms with van der Waals surface area (Å²) in [7, 11) is 0. The maximum Gasteiger partial charge on any atom is 0.307 e. The smallest absolute Gasteiger partial charge is 0.307 e. The molecule has 0 radical (unpaired) electrons.